The van der Waals surface area contributed by atoms with Gasteiger partial charge in [-0.3, -0.25) is 9.59 Å². The average molecular weight is 437 g/mol. The van der Waals surface area contributed by atoms with Crippen LogP contribution in [0.2, 0.25) is 0 Å². The SMILES string of the molecule is COc1ccc(C2/C(=C(/O)c3ccc(OC)c(F)c3)C(=O)C(=O)N2Cc2ccco2)cc1. The summed E-state index contributed by atoms with van der Waals surface area (Å²) in [5.41, 5.74) is 0.487. The maximum absolute atomic E-state index is 14.3. The molecule has 0 saturated carbocycles. The van der Waals surface area contributed by atoms with Crippen LogP contribution in [0.1, 0.15) is 22.9 Å². The van der Waals surface area contributed by atoms with Crippen LogP contribution in [0.4, 0.5) is 4.39 Å². The fourth-order valence-electron chi connectivity index (χ4n) is 3.72. The minimum Gasteiger partial charge on any atom is -0.507 e. The summed E-state index contributed by atoms with van der Waals surface area (Å²) in [6.07, 6.45) is 1.47. The standard InChI is InChI=1S/C24H20FNO6/c1-30-16-8-5-14(6-9-16)21-20(22(27)15-7-10-19(31-2)18(25)12-15)23(28)24(29)26(21)13-17-4-3-11-32-17/h3-12,21,27H,13H2,1-2H3/b22-20-. The Balaban J connectivity index is 1.85. The van der Waals surface area contributed by atoms with Crippen molar-refractivity contribution in [3.8, 4) is 11.5 Å². The van der Waals surface area contributed by atoms with Crippen LogP contribution in [0.25, 0.3) is 5.76 Å². The third-order valence-corrected chi connectivity index (χ3v) is 5.30. The molecule has 0 aliphatic carbocycles. The molecule has 0 radical (unpaired) electrons. The summed E-state index contributed by atoms with van der Waals surface area (Å²) in [5, 5.41) is 11.0. The molecule has 1 N–H and O–H groups in total. The molecule has 4 rings (SSSR count). The normalized spacial score (nSPS) is 17.6. The topological polar surface area (TPSA) is 89.2 Å². The summed E-state index contributed by atoms with van der Waals surface area (Å²) in [5.74, 6) is -1.79. The van der Waals surface area contributed by atoms with E-state index in [1.54, 1.807) is 36.4 Å². The van der Waals surface area contributed by atoms with Crippen molar-refractivity contribution >= 4 is 17.4 Å². The number of amides is 1. The van der Waals surface area contributed by atoms with Crippen LogP contribution in [0.3, 0.4) is 0 Å². The van der Waals surface area contributed by atoms with Crippen molar-refractivity contribution in [2.45, 2.75) is 12.6 Å². The van der Waals surface area contributed by atoms with Gasteiger partial charge >= 0.3 is 0 Å². The van der Waals surface area contributed by atoms with Gasteiger partial charge in [0.25, 0.3) is 11.7 Å². The van der Waals surface area contributed by atoms with Gasteiger partial charge in [-0.15, -0.1) is 0 Å². The Morgan fingerprint density at radius 1 is 1.09 bits per heavy atom. The average Bonchev–Trinajstić information content (AvgIpc) is 3.41. The predicted octanol–water partition coefficient (Wildman–Crippen LogP) is 4.06. The Morgan fingerprint density at radius 3 is 2.44 bits per heavy atom. The minimum atomic E-state index is -0.906. The van der Waals surface area contributed by atoms with Crippen LogP contribution < -0.4 is 9.47 Å². The Hall–Kier alpha value is -4.07. The Bertz CT molecular complexity index is 1180. The molecule has 1 unspecified atom stereocenters. The van der Waals surface area contributed by atoms with Gasteiger partial charge < -0.3 is 23.9 Å². The lowest BCUT2D eigenvalue weighted by molar-refractivity contribution is -0.140. The molecule has 1 saturated heterocycles. The monoisotopic (exact) mass is 437 g/mol. The summed E-state index contributed by atoms with van der Waals surface area (Å²) >= 11 is 0. The third-order valence-electron chi connectivity index (χ3n) is 5.30. The van der Waals surface area contributed by atoms with Crippen molar-refractivity contribution in [2.24, 2.45) is 0 Å². The van der Waals surface area contributed by atoms with Gasteiger partial charge in [0.05, 0.1) is 38.6 Å². The maximum atomic E-state index is 14.3. The summed E-state index contributed by atoms with van der Waals surface area (Å²) < 4.78 is 29.7. The number of hydrogen-bond acceptors (Lipinski definition) is 6. The molecule has 3 aromatic rings. The molecular weight excluding hydrogens is 417 g/mol. The van der Waals surface area contributed by atoms with Gasteiger partial charge in [-0.1, -0.05) is 12.1 Å². The van der Waals surface area contributed by atoms with E-state index in [1.165, 1.54) is 37.5 Å². The second-order valence-electron chi connectivity index (χ2n) is 7.13. The quantitative estimate of drug-likeness (QED) is 0.355. The van der Waals surface area contributed by atoms with Crippen LogP contribution >= 0.6 is 0 Å². The van der Waals surface area contributed by atoms with Crippen molar-refractivity contribution in [3.05, 3.63) is 89.1 Å². The van der Waals surface area contributed by atoms with Crippen LogP contribution in [0.15, 0.2) is 70.9 Å². The Labute approximate surface area is 183 Å². The Kier molecular flexibility index (Phi) is 5.68. The molecule has 1 atom stereocenters. The molecule has 2 aromatic carbocycles. The number of aliphatic hydroxyl groups excluding tert-OH is 1. The van der Waals surface area contributed by atoms with Gasteiger partial charge in [0, 0.05) is 5.56 Å². The lowest BCUT2D eigenvalue weighted by Gasteiger charge is -2.24. The number of nitrogens with zero attached hydrogens (tertiary/aromatic N) is 1. The lowest BCUT2D eigenvalue weighted by atomic mass is 9.95. The molecule has 32 heavy (non-hydrogen) atoms. The van der Waals surface area contributed by atoms with Gasteiger partial charge in [0.1, 0.15) is 17.3 Å². The number of furan rings is 1. The number of benzene rings is 2. The molecule has 0 bridgehead atoms. The number of ketones is 1. The number of halogens is 1. The first-order chi connectivity index (χ1) is 15.4. The zero-order valence-corrected chi connectivity index (χ0v) is 17.4. The molecule has 164 valence electrons. The van der Waals surface area contributed by atoms with Crippen LogP contribution in [-0.4, -0.2) is 35.9 Å². The van der Waals surface area contributed by atoms with E-state index < -0.39 is 29.3 Å². The highest BCUT2D eigenvalue weighted by Gasteiger charge is 2.46. The van der Waals surface area contributed by atoms with Gasteiger partial charge in [-0.05, 0) is 48.0 Å². The lowest BCUT2D eigenvalue weighted by Crippen LogP contribution is -2.29. The number of carbonyl (C=O) groups is 2. The van der Waals surface area contributed by atoms with Crippen molar-refractivity contribution < 1.29 is 33.0 Å². The smallest absolute Gasteiger partial charge is 0.296 e. The van der Waals surface area contributed by atoms with E-state index in [2.05, 4.69) is 0 Å². The van der Waals surface area contributed by atoms with Crippen molar-refractivity contribution in [1.82, 2.24) is 4.90 Å². The maximum Gasteiger partial charge on any atom is 0.296 e. The highest BCUT2D eigenvalue weighted by molar-refractivity contribution is 6.46. The first-order valence-corrected chi connectivity index (χ1v) is 9.73. The molecule has 1 fully saturated rings. The van der Waals surface area contributed by atoms with Crippen molar-refractivity contribution in [1.29, 1.82) is 0 Å². The van der Waals surface area contributed by atoms with E-state index in [1.807, 2.05) is 0 Å². The number of aliphatic hydroxyl groups is 1. The highest BCUT2D eigenvalue weighted by Crippen LogP contribution is 2.41. The number of likely N-dealkylation sites (tertiary alicyclic amines) is 1. The first-order valence-electron chi connectivity index (χ1n) is 9.73. The van der Waals surface area contributed by atoms with Crippen molar-refractivity contribution in [3.63, 3.8) is 0 Å². The molecule has 2 heterocycles. The number of hydrogen-bond donors (Lipinski definition) is 1. The first kappa shape index (κ1) is 21.2. The highest BCUT2D eigenvalue weighted by atomic mass is 19.1. The number of carbonyl (C=O) groups excluding carboxylic acids is 2. The van der Waals surface area contributed by atoms with E-state index in [0.717, 1.165) is 6.07 Å². The van der Waals surface area contributed by atoms with Gasteiger partial charge in [0.2, 0.25) is 0 Å². The second-order valence-corrected chi connectivity index (χ2v) is 7.13. The number of Topliss-reactive ketones (excluding diaryl/α,β-unsaturated/α-hetero) is 1. The van der Waals surface area contributed by atoms with Crippen LogP contribution in [-0.2, 0) is 16.1 Å². The predicted molar refractivity (Wildman–Crippen MR) is 113 cm³/mol. The molecule has 1 aliphatic rings. The summed E-state index contributed by atoms with van der Waals surface area (Å²) in [4.78, 5) is 27.2. The number of methoxy groups -OCH3 is 2. The van der Waals surface area contributed by atoms with Crippen LogP contribution in [0.5, 0.6) is 11.5 Å². The Morgan fingerprint density at radius 2 is 1.84 bits per heavy atom. The minimum absolute atomic E-state index is 0.00785. The molecule has 1 aromatic heterocycles. The van der Waals surface area contributed by atoms with E-state index in [9.17, 15) is 19.1 Å². The third kappa shape index (κ3) is 3.71. The molecule has 1 amide bonds. The van der Waals surface area contributed by atoms with E-state index in [-0.39, 0.29) is 23.4 Å². The second kappa shape index (κ2) is 8.58. The summed E-state index contributed by atoms with van der Waals surface area (Å²) in [7, 11) is 2.85. The van der Waals surface area contributed by atoms with E-state index in [0.29, 0.717) is 17.1 Å². The van der Waals surface area contributed by atoms with Gasteiger partial charge in [-0.25, -0.2) is 4.39 Å². The summed E-state index contributed by atoms with van der Waals surface area (Å²) in [6, 6.07) is 13.0. The molecule has 8 heteroatoms. The fraction of sp³-hybridized carbons (Fsp3) is 0.167. The fourth-order valence-corrected chi connectivity index (χ4v) is 3.72. The number of rotatable bonds is 6. The zero-order chi connectivity index (χ0) is 22.8. The van der Waals surface area contributed by atoms with E-state index in [4.69, 9.17) is 13.9 Å². The van der Waals surface area contributed by atoms with E-state index >= 15 is 0 Å². The van der Waals surface area contributed by atoms with Crippen LogP contribution in [0, 0.1) is 5.82 Å². The molecule has 0 spiro atoms. The molecule has 7 nitrogen and oxygen atoms in total. The van der Waals surface area contributed by atoms with Crippen molar-refractivity contribution in [2.75, 3.05) is 14.2 Å². The molecular formula is C24H20FNO6. The van der Waals surface area contributed by atoms with Gasteiger partial charge in [-0.2, -0.15) is 0 Å². The summed E-state index contributed by atoms with van der Waals surface area (Å²) in [6.45, 7) is 0.0159. The number of ether oxygens (including phenoxy) is 2. The molecule has 1 aliphatic heterocycles. The largest absolute Gasteiger partial charge is 0.507 e. The van der Waals surface area contributed by atoms with Gasteiger partial charge in [0.15, 0.2) is 11.6 Å². The zero-order valence-electron chi connectivity index (χ0n) is 17.4.